The average Bonchev–Trinajstić information content (AvgIpc) is 2.72. The molecule has 0 radical (unpaired) electrons. The first-order valence-electron chi connectivity index (χ1n) is 6.19. The van der Waals surface area contributed by atoms with Crippen LogP contribution < -0.4 is 0 Å². The van der Waals surface area contributed by atoms with Crippen molar-refractivity contribution in [2.24, 2.45) is 0 Å². The van der Waals surface area contributed by atoms with E-state index in [0.717, 1.165) is 24.0 Å². The van der Waals surface area contributed by atoms with Crippen LogP contribution in [0.15, 0.2) is 24.3 Å². The minimum absolute atomic E-state index is 0.172. The van der Waals surface area contributed by atoms with Gasteiger partial charge in [0.1, 0.15) is 5.82 Å². The summed E-state index contributed by atoms with van der Waals surface area (Å²) >= 11 is 0. The van der Waals surface area contributed by atoms with E-state index in [1.807, 2.05) is 6.07 Å². The summed E-state index contributed by atoms with van der Waals surface area (Å²) in [5, 5.41) is 1.11. The quantitative estimate of drug-likeness (QED) is 0.800. The zero-order chi connectivity index (χ0) is 11.8. The van der Waals surface area contributed by atoms with Gasteiger partial charge in [-0.3, -0.25) is 0 Å². The number of aromatic nitrogens is 1. The van der Waals surface area contributed by atoms with Gasteiger partial charge >= 0.3 is 0 Å². The second kappa shape index (κ2) is 4.15. The van der Waals surface area contributed by atoms with Crippen molar-refractivity contribution >= 4 is 10.9 Å². The molecule has 2 nitrogen and oxygen atoms in total. The summed E-state index contributed by atoms with van der Waals surface area (Å²) < 4.78 is 13.1. The molecule has 2 heterocycles. The van der Waals surface area contributed by atoms with Gasteiger partial charge in [0.15, 0.2) is 0 Å². The molecule has 3 heteroatoms. The Kier molecular flexibility index (Phi) is 2.63. The lowest BCUT2D eigenvalue weighted by molar-refractivity contribution is 0.254. The number of rotatable bonds is 1. The minimum Gasteiger partial charge on any atom is -0.358 e. The maximum absolute atomic E-state index is 13.1. The second-order valence-corrected chi connectivity index (χ2v) is 5.03. The molecule has 1 saturated heterocycles. The highest BCUT2D eigenvalue weighted by molar-refractivity contribution is 5.80. The number of H-pyrrole nitrogens is 1. The van der Waals surface area contributed by atoms with Crippen LogP contribution in [0, 0.1) is 5.82 Å². The number of halogens is 1. The number of hydrogen-bond donors (Lipinski definition) is 1. The van der Waals surface area contributed by atoms with Gasteiger partial charge in [0.25, 0.3) is 0 Å². The van der Waals surface area contributed by atoms with E-state index >= 15 is 0 Å². The molecule has 0 aliphatic carbocycles. The highest BCUT2D eigenvalue weighted by Crippen LogP contribution is 2.29. The molecule has 1 aliphatic rings. The first-order valence-corrected chi connectivity index (χ1v) is 6.19. The van der Waals surface area contributed by atoms with E-state index in [1.54, 1.807) is 6.07 Å². The second-order valence-electron chi connectivity index (χ2n) is 5.03. The van der Waals surface area contributed by atoms with Crippen molar-refractivity contribution in [2.45, 2.75) is 18.8 Å². The first kappa shape index (κ1) is 10.8. The summed E-state index contributed by atoms with van der Waals surface area (Å²) in [5.74, 6) is 0.427. The van der Waals surface area contributed by atoms with Gasteiger partial charge in [-0.2, -0.15) is 0 Å². The molecule has 1 aliphatic heterocycles. The predicted octanol–water partition coefficient (Wildman–Crippen LogP) is 3.12. The van der Waals surface area contributed by atoms with Gasteiger partial charge in [-0.25, -0.2) is 4.39 Å². The minimum atomic E-state index is -0.172. The number of hydrogen-bond acceptors (Lipinski definition) is 1. The number of nitrogens with one attached hydrogen (secondary N) is 1. The number of likely N-dealkylation sites (tertiary alicyclic amines) is 1. The lowest BCUT2D eigenvalue weighted by atomic mass is 9.94. The van der Waals surface area contributed by atoms with E-state index < -0.39 is 0 Å². The lowest BCUT2D eigenvalue weighted by Crippen LogP contribution is -2.29. The van der Waals surface area contributed by atoms with E-state index in [-0.39, 0.29) is 5.82 Å². The molecule has 1 N–H and O–H groups in total. The molecule has 2 aromatic rings. The number of piperidine rings is 1. The fraction of sp³-hybridized carbons (Fsp3) is 0.429. The van der Waals surface area contributed by atoms with Crippen molar-refractivity contribution in [3.8, 4) is 0 Å². The van der Waals surface area contributed by atoms with Crippen molar-refractivity contribution in [1.82, 2.24) is 9.88 Å². The Morgan fingerprint density at radius 2 is 2.00 bits per heavy atom. The Balaban J connectivity index is 1.90. The fourth-order valence-corrected chi connectivity index (χ4v) is 2.66. The number of benzene rings is 1. The van der Waals surface area contributed by atoms with Crippen LogP contribution in [0.5, 0.6) is 0 Å². The zero-order valence-corrected chi connectivity index (χ0v) is 10.0. The molecule has 1 aromatic heterocycles. The van der Waals surface area contributed by atoms with Crippen LogP contribution in [0.3, 0.4) is 0 Å². The molecule has 0 amide bonds. The molecular formula is C14H17FN2. The number of nitrogens with zero attached hydrogens (tertiary/aromatic N) is 1. The number of aromatic amines is 1. The van der Waals surface area contributed by atoms with Gasteiger partial charge in [-0.05, 0) is 62.6 Å². The molecule has 0 atom stereocenters. The summed E-state index contributed by atoms with van der Waals surface area (Å²) in [6, 6.07) is 7.12. The molecule has 0 bridgehead atoms. The van der Waals surface area contributed by atoms with Gasteiger partial charge in [0, 0.05) is 17.1 Å². The summed E-state index contributed by atoms with van der Waals surface area (Å²) in [7, 11) is 2.16. The summed E-state index contributed by atoms with van der Waals surface area (Å²) in [5.41, 5.74) is 2.18. The molecule has 0 unspecified atom stereocenters. The first-order chi connectivity index (χ1) is 8.22. The van der Waals surface area contributed by atoms with E-state index in [0.29, 0.717) is 5.92 Å². The highest BCUT2D eigenvalue weighted by Gasteiger charge is 2.19. The van der Waals surface area contributed by atoms with Crippen LogP contribution in [0.2, 0.25) is 0 Å². The van der Waals surface area contributed by atoms with Gasteiger partial charge in [0.05, 0.1) is 0 Å². The SMILES string of the molecule is CN1CCC(c2cc3ccc(F)cc3[nH]2)CC1. The average molecular weight is 232 g/mol. The van der Waals surface area contributed by atoms with E-state index in [9.17, 15) is 4.39 Å². The molecule has 0 saturated carbocycles. The van der Waals surface area contributed by atoms with Crippen LogP contribution in [-0.2, 0) is 0 Å². The smallest absolute Gasteiger partial charge is 0.125 e. The van der Waals surface area contributed by atoms with Gasteiger partial charge < -0.3 is 9.88 Å². The predicted molar refractivity (Wildman–Crippen MR) is 67.7 cm³/mol. The van der Waals surface area contributed by atoms with Crippen molar-refractivity contribution < 1.29 is 4.39 Å². The summed E-state index contributed by atoms with van der Waals surface area (Å²) in [6.07, 6.45) is 2.37. The maximum atomic E-state index is 13.1. The normalized spacial score (nSPS) is 18.9. The molecule has 90 valence electrons. The third-order valence-corrected chi connectivity index (χ3v) is 3.76. The van der Waals surface area contributed by atoms with Gasteiger partial charge in [0.2, 0.25) is 0 Å². The molecule has 17 heavy (non-hydrogen) atoms. The maximum Gasteiger partial charge on any atom is 0.125 e. The Morgan fingerprint density at radius 1 is 1.24 bits per heavy atom. The third-order valence-electron chi connectivity index (χ3n) is 3.76. The standard InChI is InChI=1S/C14H17FN2/c1-17-6-4-10(5-7-17)13-8-11-2-3-12(15)9-14(11)16-13/h2-3,8-10,16H,4-7H2,1H3. The van der Waals surface area contributed by atoms with E-state index in [2.05, 4.69) is 23.0 Å². The van der Waals surface area contributed by atoms with Crippen LogP contribution in [0.25, 0.3) is 10.9 Å². The van der Waals surface area contributed by atoms with Crippen LogP contribution >= 0.6 is 0 Å². The molecule has 3 rings (SSSR count). The monoisotopic (exact) mass is 232 g/mol. The highest BCUT2D eigenvalue weighted by atomic mass is 19.1. The summed E-state index contributed by atoms with van der Waals surface area (Å²) in [6.45, 7) is 2.29. The Hall–Kier alpha value is -1.35. The Morgan fingerprint density at radius 3 is 2.76 bits per heavy atom. The lowest BCUT2D eigenvalue weighted by Gasteiger charge is -2.28. The topological polar surface area (TPSA) is 19.0 Å². The van der Waals surface area contributed by atoms with Crippen molar-refractivity contribution in [1.29, 1.82) is 0 Å². The third kappa shape index (κ3) is 2.07. The largest absolute Gasteiger partial charge is 0.358 e. The van der Waals surface area contributed by atoms with Crippen LogP contribution in [0.4, 0.5) is 4.39 Å². The van der Waals surface area contributed by atoms with Crippen molar-refractivity contribution in [3.05, 3.63) is 35.8 Å². The van der Waals surface area contributed by atoms with Crippen LogP contribution in [0.1, 0.15) is 24.5 Å². The number of fused-ring (bicyclic) bond motifs is 1. The van der Waals surface area contributed by atoms with E-state index in [4.69, 9.17) is 0 Å². The zero-order valence-electron chi connectivity index (χ0n) is 10.0. The van der Waals surface area contributed by atoms with Gasteiger partial charge in [-0.15, -0.1) is 0 Å². The summed E-state index contributed by atoms with van der Waals surface area (Å²) in [4.78, 5) is 5.72. The van der Waals surface area contributed by atoms with Crippen molar-refractivity contribution in [3.63, 3.8) is 0 Å². The van der Waals surface area contributed by atoms with E-state index in [1.165, 1.54) is 24.6 Å². The Labute approximate surface area is 100 Å². The van der Waals surface area contributed by atoms with Crippen molar-refractivity contribution in [2.75, 3.05) is 20.1 Å². The molecule has 0 spiro atoms. The van der Waals surface area contributed by atoms with Crippen LogP contribution in [-0.4, -0.2) is 30.0 Å². The Bertz CT molecular complexity index is 524. The van der Waals surface area contributed by atoms with Gasteiger partial charge in [-0.1, -0.05) is 0 Å². The molecule has 1 aromatic carbocycles. The molecule has 1 fully saturated rings. The molecular weight excluding hydrogens is 215 g/mol. The fourth-order valence-electron chi connectivity index (χ4n) is 2.66.